The van der Waals surface area contributed by atoms with Crippen LogP contribution in [0.15, 0.2) is 48.5 Å². The van der Waals surface area contributed by atoms with Crippen LogP contribution in [0.25, 0.3) is 16.6 Å². The fraction of sp³-hybridized carbons (Fsp3) is 0.333. The number of methoxy groups -OCH3 is 1. The third-order valence-electron chi connectivity index (χ3n) is 5.92. The van der Waals surface area contributed by atoms with Crippen LogP contribution in [0.1, 0.15) is 24.0 Å². The van der Waals surface area contributed by atoms with E-state index in [9.17, 15) is 4.79 Å². The highest BCUT2D eigenvalue weighted by Gasteiger charge is 2.24. The molecule has 2 amide bonds. The van der Waals surface area contributed by atoms with Crippen molar-refractivity contribution in [1.82, 2.24) is 24.9 Å². The first kappa shape index (κ1) is 21.1. The fourth-order valence-corrected chi connectivity index (χ4v) is 4.24. The number of amides is 2. The molecule has 1 unspecified atom stereocenters. The van der Waals surface area contributed by atoms with Gasteiger partial charge in [-0.1, -0.05) is 18.2 Å². The van der Waals surface area contributed by atoms with E-state index in [1.807, 2.05) is 25.1 Å². The van der Waals surface area contributed by atoms with Gasteiger partial charge in [0.15, 0.2) is 5.65 Å². The topological polar surface area (TPSA) is 93.9 Å². The predicted octanol–water partition coefficient (Wildman–Crippen LogP) is 3.81. The molecule has 1 aliphatic heterocycles. The van der Waals surface area contributed by atoms with Gasteiger partial charge in [0.2, 0.25) is 0 Å². The van der Waals surface area contributed by atoms with Gasteiger partial charge in [-0.2, -0.15) is 4.52 Å². The Morgan fingerprint density at radius 3 is 3.00 bits per heavy atom. The number of hydrogen-bond acceptors (Lipinski definition) is 6. The Balaban J connectivity index is 1.47. The van der Waals surface area contributed by atoms with Crippen molar-refractivity contribution in [3.05, 3.63) is 59.7 Å². The van der Waals surface area contributed by atoms with Crippen LogP contribution in [-0.4, -0.2) is 57.3 Å². The summed E-state index contributed by atoms with van der Waals surface area (Å²) in [4.78, 5) is 15.1. The Labute approximate surface area is 191 Å². The van der Waals surface area contributed by atoms with Gasteiger partial charge in [-0.05, 0) is 60.0 Å². The lowest BCUT2D eigenvalue weighted by Gasteiger charge is -2.26. The van der Waals surface area contributed by atoms with Crippen LogP contribution in [0.5, 0.6) is 5.75 Å². The van der Waals surface area contributed by atoms with Crippen LogP contribution in [-0.2, 0) is 11.3 Å². The predicted molar refractivity (Wildman–Crippen MR) is 124 cm³/mol. The van der Waals surface area contributed by atoms with Crippen molar-refractivity contribution in [3.8, 4) is 5.75 Å². The number of rotatable bonds is 6. The van der Waals surface area contributed by atoms with Crippen molar-refractivity contribution in [2.45, 2.75) is 32.4 Å². The quantitative estimate of drug-likeness (QED) is 0.484. The van der Waals surface area contributed by atoms with Crippen molar-refractivity contribution in [2.24, 2.45) is 0 Å². The van der Waals surface area contributed by atoms with Crippen LogP contribution in [0.4, 0.5) is 10.5 Å². The average molecular weight is 447 g/mol. The Morgan fingerprint density at radius 1 is 1.27 bits per heavy atom. The number of hydrogen-bond donors (Lipinski definition) is 1. The zero-order chi connectivity index (χ0) is 22.8. The summed E-state index contributed by atoms with van der Waals surface area (Å²) < 4.78 is 12.8. The van der Waals surface area contributed by atoms with E-state index in [-0.39, 0.29) is 12.1 Å². The molecule has 9 heteroatoms. The molecule has 0 bridgehead atoms. The molecule has 1 saturated heterocycles. The molecule has 5 rings (SSSR count). The highest BCUT2D eigenvalue weighted by molar-refractivity contribution is 5.90. The van der Waals surface area contributed by atoms with Gasteiger partial charge in [0.25, 0.3) is 0 Å². The summed E-state index contributed by atoms with van der Waals surface area (Å²) in [6.45, 7) is 3.60. The number of ether oxygens (including phenoxy) is 2. The first-order valence-electron chi connectivity index (χ1n) is 11.0. The highest BCUT2D eigenvalue weighted by Crippen LogP contribution is 2.24. The molecule has 9 nitrogen and oxygen atoms in total. The lowest BCUT2D eigenvalue weighted by molar-refractivity contribution is 0.0820. The molecule has 0 aliphatic carbocycles. The average Bonchev–Trinajstić information content (AvgIpc) is 3.51. The largest absolute Gasteiger partial charge is 0.497 e. The number of tetrazole rings is 1. The zero-order valence-corrected chi connectivity index (χ0v) is 18.7. The molecule has 2 aromatic carbocycles. The van der Waals surface area contributed by atoms with Gasteiger partial charge in [-0.15, -0.1) is 5.10 Å². The number of nitrogens with zero attached hydrogens (tertiary/aromatic N) is 5. The van der Waals surface area contributed by atoms with Crippen LogP contribution < -0.4 is 10.1 Å². The first-order valence-corrected chi connectivity index (χ1v) is 11.0. The molecule has 33 heavy (non-hydrogen) atoms. The number of nitrogens with one attached hydrogen (secondary N) is 1. The van der Waals surface area contributed by atoms with E-state index in [2.05, 4.69) is 45.1 Å². The molecule has 1 fully saturated rings. The second-order valence-electron chi connectivity index (χ2n) is 8.32. The summed E-state index contributed by atoms with van der Waals surface area (Å²) in [7, 11) is 1.60. The van der Waals surface area contributed by atoms with Gasteiger partial charge in [-0.3, -0.25) is 0 Å². The second kappa shape index (κ2) is 9.03. The van der Waals surface area contributed by atoms with E-state index in [1.165, 1.54) is 0 Å². The second-order valence-corrected chi connectivity index (χ2v) is 8.32. The maximum Gasteiger partial charge on any atom is 0.322 e. The van der Waals surface area contributed by atoms with E-state index in [4.69, 9.17) is 9.47 Å². The number of pyridine rings is 1. The van der Waals surface area contributed by atoms with Crippen LogP contribution in [0.2, 0.25) is 0 Å². The number of benzene rings is 2. The van der Waals surface area contributed by atoms with E-state index < -0.39 is 0 Å². The molecule has 1 atom stereocenters. The monoisotopic (exact) mass is 446 g/mol. The van der Waals surface area contributed by atoms with Crippen LogP contribution in [0.3, 0.4) is 0 Å². The van der Waals surface area contributed by atoms with E-state index in [0.717, 1.165) is 41.5 Å². The van der Waals surface area contributed by atoms with Crippen molar-refractivity contribution in [3.63, 3.8) is 0 Å². The maximum absolute atomic E-state index is 13.3. The zero-order valence-electron chi connectivity index (χ0n) is 18.7. The number of aryl methyl sites for hydroxylation is 1. The van der Waals surface area contributed by atoms with Crippen molar-refractivity contribution < 1.29 is 14.3 Å². The Bertz CT molecular complexity index is 1300. The summed E-state index contributed by atoms with van der Waals surface area (Å²) in [6.07, 6.45) is 1.95. The standard InChI is InChI=1S/C24H26N6O3/c1-16-8-9-17-12-18(23-26-27-28-30(23)22(17)11-16)14-29(15-21-7-4-10-33-21)24(31)25-19-5-3-6-20(13-19)32-2/h3,5-6,8-9,11-13,21H,4,7,10,14-15H2,1-2H3,(H,25,31). The number of urea groups is 1. The Hall–Kier alpha value is -3.72. The minimum Gasteiger partial charge on any atom is -0.497 e. The van der Waals surface area contributed by atoms with Gasteiger partial charge in [0, 0.05) is 35.9 Å². The number of carbonyl (C=O) groups is 1. The third-order valence-corrected chi connectivity index (χ3v) is 5.92. The van der Waals surface area contributed by atoms with E-state index in [0.29, 0.717) is 30.2 Å². The van der Waals surface area contributed by atoms with Crippen LogP contribution >= 0.6 is 0 Å². The minimum absolute atomic E-state index is 0.0104. The molecular weight excluding hydrogens is 420 g/mol. The summed E-state index contributed by atoms with van der Waals surface area (Å²) in [5.74, 6) is 0.680. The molecule has 170 valence electrons. The SMILES string of the molecule is COc1cccc(NC(=O)N(Cc2cc3ccc(C)cc3n3nnnc23)CC2CCCO2)c1. The molecule has 1 aliphatic rings. The van der Waals surface area contributed by atoms with Gasteiger partial charge in [0.05, 0.1) is 25.3 Å². The summed E-state index contributed by atoms with van der Waals surface area (Å²) in [5.41, 5.74) is 4.24. The lowest BCUT2D eigenvalue weighted by Crippen LogP contribution is -2.39. The summed E-state index contributed by atoms with van der Waals surface area (Å²) >= 11 is 0. The highest BCUT2D eigenvalue weighted by atomic mass is 16.5. The molecule has 0 radical (unpaired) electrons. The van der Waals surface area contributed by atoms with Crippen molar-refractivity contribution in [1.29, 1.82) is 0 Å². The Morgan fingerprint density at radius 2 is 2.18 bits per heavy atom. The number of aromatic nitrogens is 4. The first-order chi connectivity index (χ1) is 16.1. The number of carbonyl (C=O) groups excluding carboxylic acids is 1. The fourth-order valence-electron chi connectivity index (χ4n) is 4.24. The molecule has 2 aromatic heterocycles. The number of anilines is 1. The summed E-state index contributed by atoms with van der Waals surface area (Å²) in [5, 5.41) is 16.3. The third kappa shape index (κ3) is 4.45. The smallest absolute Gasteiger partial charge is 0.322 e. The maximum atomic E-state index is 13.3. The molecule has 0 saturated carbocycles. The molecule has 3 heterocycles. The molecule has 1 N–H and O–H groups in total. The normalized spacial score (nSPS) is 15.8. The molecular formula is C24H26N6O3. The number of fused-ring (bicyclic) bond motifs is 3. The van der Waals surface area contributed by atoms with Crippen molar-refractivity contribution >= 4 is 28.3 Å². The summed E-state index contributed by atoms with van der Waals surface area (Å²) in [6, 6.07) is 15.3. The van der Waals surface area contributed by atoms with Gasteiger partial charge < -0.3 is 19.7 Å². The van der Waals surface area contributed by atoms with E-state index in [1.54, 1.807) is 22.6 Å². The van der Waals surface area contributed by atoms with E-state index >= 15 is 0 Å². The molecule has 0 spiro atoms. The van der Waals surface area contributed by atoms with Gasteiger partial charge >= 0.3 is 6.03 Å². The van der Waals surface area contributed by atoms with Crippen LogP contribution in [0, 0.1) is 6.92 Å². The van der Waals surface area contributed by atoms with Gasteiger partial charge in [0.1, 0.15) is 5.75 Å². The minimum atomic E-state index is -0.214. The Kier molecular flexibility index (Phi) is 5.78. The van der Waals surface area contributed by atoms with Gasteiger partial charge in [-0.25, -0.2) is 4.79 Å². The molecule has 4 aromatic rings. The lowest BCUT2D eigenvalue weighted by atomic mass is 10.1. The van der Waals surface area contributed by atoms with Crippen molar-refractivity contribution in [2.75, 3.05) is 25.6 Å².